The quantitative estimate of drug-likeness (QED) is 0.767. The summed E-state index contributed by atoms with van der Waals surface area (Å²) in [5.74, 6) is 0.763. The van der Waals surface area contributed by atoms with Crippen LogP contribution in [-0.2, 0) is 0 Å². The van der Waals surface area contributed by atoms with Gasteiger partial charge in [-0.1, -0.05) is 24.3 Å². The number of benzene rings is 2. The van der Waals surface area contributed by atoms with Gasteiger partial charge in [0.15, 0.2) is 0 Å². The van der Waals surface area contributed by atoms with Crippen LogP contribution in [0.4, 0.5) is 17.1 Å². The van der Waals surface area contributed by atoms with Crippen LogP contribution in [0, 0.1) is 6.92 Å². The molecule has 4 nitrogen and oxygen atoms in total. The van der Waals surface area contributed by atoms with E-state index in [1.54, 1.807) is 7.11 Å². The lowest BCUT2D eigenvalue weighted by molar-refractivity contribution is 0.413. The second-order valence-electron chi connectivity index (χ2n) is 4.71. The van der Waals surface area contributed by atoms with Crippen LogP contribution in [0.1, 0.15) is 5.56 Å². The molecule has 20 heavy (non-hydrogen) atoms. The Kier molecular flexibility index (Phi) is 4.35. The molecular formula is C16H19N3O. The van der Waals surface area contributed by atoms with Crippen LogP contribution in [0.3, 0.4) is 0 Å². The summed E-state index contributed by atoms with van der Waals surface area (Å²) in [5.41, 5.74) is 3.65. The summed E-state index contributed by atoms with van der Waals surface area (Å²) in [5, 5.41) is 8.68. The van der Waals surface area contributed by atoms with Crippen LogP contribution >= 0.6 is 0 Å². The summed E-state index contributed by atoms with van der Waals surface area (Å²) in [7, 11) is 5.62. The molecule has 0 atom stereocenters. The van der Waals surface area contributed by atoms with Crippen LogP contribution in [0.2, 0.25) is 0 Å². The van der Waals surface area contributed by atoms with Gasteiger partial charge in [-0.15, -0.1) is 10.2 Å². The van der Waals surface area contributed by atoms with E-state index in [2.05, 4.69) is 10.2 Å². The predicted octanol–water partition coefficient (Wildman–Crippen LogP) is 4.49. The Labute approximate surface area is 119 Å². The fraction of sp³-hybridized carbons (Fsp3) is 0.250. The number of para-hydroxylation sites is 2. The summed E-state index contributed by atoms with van der Waals surface area (Å²) in [6.07, 6.45) is 0. The molecule has 0 saturated heterocycles. The van der Waals surface area contributed by atoms with Gasteiger partial charge < -0.3 is 9.64 Å². The first-order valence-corrected chi connectivity index (χ1v) is 6.45. The third kappa shape index (κ3) is 2.96. The highest BCUT2D eigenvalue weighted by Crippen LogP contribution is 2.33. The molecule has 0 aliphatic rings. The summed E-state index contributed by atoms with van der Waals surface area (Å²) in [6, 6.07) is 13.7. The first-order valence-electron chi connectivity index (χ1n) is 6.45. The molecule has 0 spiro atoms. The molecule has 0 amide bonds. The lowest BCUT2D eigenvalue weighted by Crippen LogP contribution is -2.08. The smallest absolute Gasteiger partial charge is 0.149 e. The zero-order valence-electron chi connectivity index (χ0n) is 12.3. The second kappa shape index (κ2) is 6.19. The Morgan fingerprint density at radius 2 is 1.55 bits per heavy atom. The number of hydrogen-bond donors (Lipinski definition) is 0. The van der Waals surface area contributed by atoms with Gasteiger partial charge >= 0.3 is 0 Å². The van der Waals surface area contributed by atoms with Crippen molar-refractivity contribution in [3.8, 4) is 5.75 Å². The molecule has 0 N–H and O–H groups in total. The Morgan fingerprint density at radius 1 is 0.900 bits per heavy atom. The molecule has 2 aromatic carbocycles. The van der Waals surface area contributed by atoms with Crippen LogP contribution in [0.15, 0.2) is 52.7 Å². The van der Waals surface area contributed by atoms with Crippen molar-refractivity contribution in [2.75, 3.05) is 26.1 Å². The van der Waals surface area contributed by atoms with E-state index in [1.807, 2.05) is 68.4 Å². The van der Waals surface area contributed by atoms with Gasteiger partial charge in [0.2, 0.25) is 0 Å². The maximum absolute atomic E-state index is 5.38. The van der Waals surface area contributed by atoms with Crippen molar-refractivity contribution in [2.24, 2.45) is 10.2 Å². The molecule has 104 valence electrons. The molecule has 0 bridgehead atoms. The average Bonchev–Trinajstić information content (AvgIpc) is 2.45. The lowest BCUT2D eigenvalue weighted by Gasteiger charge is -2.14. The van der Waals surface area contributed by atoms with Gasteiger partial charge in [0.25, 0.3) is 0 Å². The molecule has 0 radical (unpaired) electrons. The van der Waals surface area contributed by atoms with Crippen LogP contribution in [0.25, 0.3) is 0 Å². The molecular weight excluding hydrogens is 250 g/mol. The minimum Gasteiger partial charge on any atom is -0.494 e. The second-order valence-corrected chi connectivity index (χ2v) is 4.71. The first kappa shape index (κ1) is 14.1. The molecule has 0 unspecified atom stereocenters. The van der Waals surface area contributed by atoms with E-state index >= 15 is 0 Å². The Hall–Kier alpha value is -2.36. The molecule has 2 rings (SSSR count). The monoisotopic (exact) mass is 269 g/mol. The molecule has 0 heterocycles. The molecule has 0 aromatic heterocycles. The highest BCUT2D eigenvalue weighted by Gasteiger charge is 2.06. The van der Waals surface area contributed by atoms with E-state index < -0.39 is 0 Å². The van der Waals surface area contributed by atoms with Crippen LogP contribution in [0.5, 0.6) is 5.75 Å². The van der Waals surface area contributed by atoms with Crippen molar-refractivity contribution in [3.05, 3.63) is 48.0 Å². The summed E-state index contributed by atoms with van der Waals surface area (Å²) in [4.78, 5) is 2.02. The van der Waals surface area contributed by atoms with Crippen molar-refractivity contribution in [1.29, 1.82) is 0 Å². The maximum atomic E-state index is 5.38. The van der Waals surface area contributed by atoms with Crippen molar-refractivity contribution in [3.63, 3.8) is 0 Å². The van der Waals surface area contributed by atoms with E-state index in [9.17, 15) is 0 Å². The largest absolute Gasteiger partial charge is 0.494 e. The van der Waals surface area contributed by atoms with Gasteiger partial charge in [-0.3, -0.25) is 0 Å². The molecule has 4 heteroatoms. The molecule has 0 aliphatic heterocycles. The third-order valence-corrected chi connectivity index (χ3v) is 3.02. The van der Waals surface area contributed by atoms with Gasteiger partial charge in [-0.2, -0.15) is 0 Å². The maximum Gasteiger partial charge on any atom is 0.149 e. The van der Waals surface area contributed by atoms with E-state index in [1.165, 1.54) is 0 Å². The zero-order valence-corrected chi connectivity index (χ0v) is 12.3. The van der Waals surface area contributed by atoms with E-state index in [-0.39, 0.29) is 0 Å². The average molecular weight is 269 g/mol. The third-order valence-electron chi connectivity index (χ3n) is 3.02. The minimum absolute atomic E-state index is 0.737. The Balaban J connectivity index is 2.38. The fourth-order valence-electron chi connectivity index (χ4n) is 2.02. The highest BCUT2D eigenvalue weighted by molar-refractivity contribution is 5.66. The molecule has 0 saturated carbocycles. The van der Waals surface area contributed by atoms with Gasteiger partial charge in [-0.05, 0) is 30.7 Å². The fourth-order valence-corrected chi connectivity index (χ4v) is 2.02. The SMILES string of the molecule is COc1c(C)cccc1N=Nc1ccccc1N(C)C. The topological polar surface area (TPSA) is 37.2 Å². The van der Waals surface area contributed by atoms with E-state index in [4.69, 9.17) is 4.74 Å². The normalized spacial score (nSPS) is 10.8. The minimum atomic E-state index is 0.737. The highest BCUT2D eigenvalue weighted by atomic mass is 16.5. The van der Waals surface area contributed by atoms with Gasteiger partial charge in [0, 0.05) is 14.1 Å². The Bertz CT molecular complexity index is 621. The summed E-state index contributed by atoms with van der Waals surface area (Å²) in [6.45, 7) is 1.99. The Morgan fingerprint density at radius 3 is 2.25 bits per heavy atom. The number of hydrogen-bond acceptors (Lipinski definition) is 4. The van der Waals surface area contributed by atoms with E-state index in [0.29, 0.717) is 0 Å². The lowest BCUT2D eigenvalue weighted by atomic mass is 10.2. The molecule has 0 aliphatic carbocycles. The number of rotatable bonds is 4. The number of aryl methyl sites for hydroxylation is 1. The van der Waals surface area contributed by atoms with Crippen molar-refractivity contribution in [2.45, 2.75) is 6.92 Å². The zero-order chi connectivity index (χ0) is 14.5. The number of ether oxygens (including phenoxy) is 1. The predicted molar refractivity (Wildman–Crippen MR) is 82.7 cm³/mol. The van der Waals surface area contributed by atoms with E-state index in [0.717, 1.165) is 28.4 Å². The first-order chi connectivity index (χ1) is 9.63. The standard InChI is InChI=1S/C16H19N3O/c1-12-8-7-10-14(16(12)20-4)18-17-13-9-5-6-11-15(13)19(2)3/h5-11H,1-4H3. The van der Waals surface area contributed by atoms with Crippen molar-refractivity contribution in [1.82, 2.24) is 0 Å². The molecule has 0 fully saturated rings. The summed E-state index contributed by atoms with van der Waals surface area (Å²) < 4.78 is 5.38. The number of azo groups is 1. The van der Waals surface area contributed by atoms with Gasteiger partial charge in [-0.25, -0.2) is 0 Å². The van der Waals surface area contributed by atoms with Gasteiger partial charge in [0.05, 0.1) is 12.8 Å². The summed E-state index contributed by atoms with van der Waals surface area (Å²) >= 11 is 0. The number of nitrogens with zero attached hydrogens (tertiary/aromatic N) is 3. The molecule has 2 aromatic rings. The van der Waals surface area contributed by atoms with Crippen LogP contribution in [-0.4, -0.2) is 21.2 Å². The van der Waals surface area contributed by atoms with Crippen molar-refractivity contribution < 1.29 is 4.74 Å². The number of anilines is 1. The number of methoxy groups -OCH3 is 1. The van der Waals surface area contributed by atoms with Gasteiger partial charge in [0.1, 0.15) is 17.1 Å². The van der Waals surface area contributed by atoms with Crippen molar-refractivity contribution >= 4 is 17.1 Å². The van der Waals surface area contributed by atoms with Crippen LogP contribution < -0.4 is 9.64 Å².